The molecule has 0 spiro atoms. The smallest absolute Gasteiger partial charge is 0.191 e. The third-order valence-electron chi connectivity index (χ3n) is 4.95. The van der Waals surface area contributed by atoms with Gasteiger partial charge in [0.15, 0.2) is 17.5 Å². The van der Waals surface area contributed by atoms with Gasteiger partial charge in [0.1, 0.15) is 5.75 Å². The summed E-state index contributed by atoms with van der Waals surface area (Å²) in [5.41, 5.74) is 2.36. The lowest BCUT2D eigenvalue weighted by Crippen LogP contribution is -2.37. The third-order valence-corrected chi connectivity index (χ3v) is 4.95. The predicted octanol–water partition coefficient (Wildman–Crippen LogP) is 3.77. The molecule has 2 N–H and O–H groups in total. The average molecular weight is 408 g/mol. The van der Waals surface area contributed by atoms with E-state index in [-0.39, 0.29) is 0 Å². The van der Waals surface area contributed by atoms with E-state index in [1.165, 1.54) is 16.5 Å². The molecule has 0 atom stereocenters. The first-order valence-corrected chi connectivity index (χ1v) is 9.89. The van der Waals surface area contributed by atoms with Gasteiger partial charge in [-0.3, -0.25) is 4.99 Å². The number of benzene rings is 3. The highest BCUT2D eigenvalue weighted by Gasteiger charge is 2.05. The summed E-state index contributed by atoms with van der Waals surface area (Å²) in [7, 11) is 6.75. The molecule has 3 rings (SSSR count). The molecule has 0 saturated carbocycles. The van der Waals surface area contributed by atoms with E-state index in [0.29, 0.717) is 6.54 Å². The number of hydrogen-bond acceptors (Lipinski definition) is 4. The molecule has 0 heterocycles. The first kappa shape index (κ1) is 21.3. The molecule has 0 aliphatic carbocycles. The van der Waals surface area contributed by atoms with Crippen LogP contribution < -0.4 is 24.8 Å². The van der Waals surface area contributed by atoms with Crippen molar-refractivity contribution in [3.63, 3.8) is 0 Å². The molecule has 0 fully saturated rings. The minimum Gasteiger partial charge on any atom is -0.497 e. The summed E-state index contributed by atoms with van der Waals surface area (Å²) in [6.45, 7) is 1.45. The molecule has 0 unspecified atom stereocenters. The second kappa shape index (κ2) is 10.4. The average Bonchev–Trinajstić information content (AvgIpc) is 2.80. The van der Waals surface area contributed by atoms with Crippen LogP contribution in [0, 0.1) is 0 Å². The first-order chi connectivity index (χ1) is 14.7. The van der Waals surface area contributed by atoms with Gasteiger partial charge in [0.2, 0.25) is 0 Å². The van der Waals surface area contributed by atoms with Crippen LogP contribution in [0.2, 0.25) is 0 Å². The molecule has 0 bridgehead atoms. The van der Waals surface area contributed by atoms with Gasteiger partial charge >= 0.3 is 0 Å². The maximum absolute atomic E-state index is 5.37. The summed E-state index contributed by atoms with van der Waals surface area (Å²) < 4.78 is 15.9. The van der Waals surface area contributed by atoms with Crippen LogP contribution in [0.5, 0.6) is 17.2 Å². The van der Waals surface area contributed by atoms with Gasteiger partial charge in [-0.2, -0.15) is 0 Å². The van der Waals surface area contributed by atoms with Crippen molar-refractivity contribution in [3.05, 3.63) is 65.7 Å². The number of methoxy groups -OCH3 is 3. The molecule has 158 valence electrons. The van der Waals surface area contributed by atoms with E-state index in [0.717, 1.165) is 41.6 Å². The number of guanidine groups is 1. The van der Waals surface area contributed by atoms with Crippen molar-refractivity contribution >= 4 is 16.7 Å². The molecule has 0 aliphatic rings. The van der Waals surface area contributed by atoms with Crippen LogP contribution in [0.25, 0.3) is 10.8 Å². The Morgan fingerprint density at radius 3 is 2.23 bits per heavy atom. The maximum Gasteiger partial charge on any atom is 0.191 e. The number of ether oxygens (including phenoxy) is 3. The van der Waals surface area contributed by atoms with E-state index in [4.69, 9.17) is 14.2 Å². The number of fused-ring (bicyclic) bond motifs is 1. The van der Waals surface area contributed by atoms with Gasteiger partial charge < -0.3 is 24.8 Å². The van der Waals surface area contributed by atoms with Crippen LogP contribution in [0.3, 0.4) is 0 Å². The minimum absolute atomic E-state index is 0.692. The van der Waals surface area contributed by atoms with E-state index in [1.54, 1.807) is 28.4 Å². The Labute approximate surface area is 177 Å². The Hall–Kier alpha value is -3.41. The number of nitrogens with zero attached hydrogens (tertiary/aromatic N) is 1. The van der Waals surface area contributed by atoms with Crippen molar-refractivity contribution in [2.45, 2.75) is 13.0 Å². The second-order valence-corrected chi connectivity index (χ2v) is 6.84. The Morgan fingerprint density at radius 1 is 0.767 bits per heavy atom. The fourth-order valence-electron chi connectivity index (χ4n) is 3.28. The molecule has 0 amide bonds. The van der Waals surface area contributed by atoms with Gasteiger partial charge in [0.25, 0.3) is 0 Å². The molecule has 30 heavy (non-hydrogen) atoms. The van der Waals surface area contributed by atoms with Crippen LogP contribution in [0.4, 0.5) is 0 Å². The summed E-state index contributed by atoms with van der Waals surface area (Å²) in [6, 6.07) is 18.5. The Balaban J connectivity index is 1.53. The molecule has 3 aromatic rings. The zero-order valence-corrected chi connectivity index (χ0v) is 18.0. The van der Waals surface area contributed by atoms with Gasteiger partial charge in [-0.15, -0.1) is 0 Å². The molecule has 6 heteroatoms. The summed E-state index contributed by atoms with van der Waals surface area (Å²) in [5, 5.41) is 9.08. The third kappa shape index (κ3) is 5.35. The molecule has 0 saturated heterocycles. The normalized spacial score (nSPS) is 11.3. The zero-order valence-electron chi connectivity index (χ0n) is 18.0. The zero-order chi connectivity index (χ0) is 21.3. The SMILES string of the molecule is CN=C(NCCc1ccc(OC)c(OC)c1)NCc1ccc2cc(OC)ccc2c1. The van der Waals surface area contributed by atoms with E-state index < -0.39 is 0 Å². The van der Waals surface area contributed by atoms with E-state index in [2.05, 4.69) is 39.9 Å². The van der Waals surface area contributed by atoms with Crippen molar-refractivity contribution in [2.75, 3.05) is 34.9 Å². The summed E-state index contributed by atoms with van der Waals surface area (Å²) in [6.07, 6.45) is 0.846. The Morgan fingerprint density at radius 2 is 1.50 bits per heavy atom. The Kier molecular flexibility index (Phi) is 7.38. The van der Waals surface area contributed by atoms with Crippen LogP contribution in [-0.4, -0.2) is 40.9 Å². The Bertz CT molecular complexity index is 1020. The van der Waals surface area contributed by atoms with Crippen LogP contribution in [-0.2, 0) is 13.0 Å². The topological polar surface area (TPSA) is 64.1 Å². The van der Waals surface area contributed by atoms with Crippen molar-refractivity contribution in [3.8, 4) is 17.2 Å². The van der Waals surface area contributed by atoms with E-state index >= 15 is 0 Å². The number of nitrogens with one attached hydrogen (secondary N) is 2. The lowest BCUT2D eigenvalue weighted by atomic mass is 10.1. The van der Waals surface area contributed by atoms with Gasteiger partial charge in [-0.1, -0.05) is 24.3 Å². The summed E-state index contributed by atoms with van der Waals surface area (Å²) in [5.74, 6) is 3.12. The van der Waals surface area contributed by atoms with Crippen LogP contribution in [0.15, 0.2) is 59.6 Å². The van der Waals surface area contributed by atoms with Gasteiger partial charge in [0.05, 0.1) is 21.3 Å². The highest BCUT2D eigenvalue weighted by atomic mass is 16.5. The summed E-state index contributed by atoms with van der Waals surface area (Å²) >= 11 is 0. The second-order valence-electron chi connectivity index (χ2n) is 6.84. The highest BCUT2D eigenvalue weighted by molar-refractivity contribution is 5.85. The van der Waals surface area contributed by atoms with Crippen molar-refractivity contribution in [1.29, 1.82) is 0 Å². The predicted molar refractivity (Wildman–Crippen MR) is 122 cm³/mol. The highest BCUT2D eigenvalue weighted by Crippen LogP contribution is 2.27. The lowest BCUT2D eigenvalue weighted by molar-refractivity contribution is 0.354. The van der Waals surface area contributed by atoms with Gasteiger partial charge in [0, 0.05) is 20.1 Å². The van der Waals surface area contributed by atoms with E-state index in [9.17, 15) is 0 Å². The number of aliphatic imine (C=N–C) groups is 1. The van der Waals surface area contributed by atoms with Crippen LogP contribution >= 0.6 is 0 Å². The molecular formula is C24H29N3O3. The maximum atomic E-state index is 5.37. The lowest BCUT2D eigenvalue weighted by Gasteiger charge is -2.13. The largest absolute Gasteiger partial charge is 0.497 e. The van der Waals surface area contributed by atoms with E-state index in [1.807, 2.05) is 30.3 Å². The van der Waals surface area contributed by atoms with Gasteiger partial charge in [-0.05, 0) is 58.7 Å². The molecular weight excluding hydrogens is 378 g/mol. The van der Waals surface area contributed by atoms with Crippen molar-refractivity contribution in [2.24, 2.45) is 4.99 Å². The number of hydrogen-bond donors (Lipinski definition) is 2. The molecule has 0 aliphatic heterocycles. The quantitative estimate of drug-likeness (QED) is 0.440. The van der Waals surface area contributed by atoms with Crippen molar-refractivity contribution < 1.29 is 14.2 Å². The van der Waals surface area contributed by atoms with Crippen LogP contribution in [0.1, 0.15) is 11.1 Å². The molecule has 6 nitrogen and oxygen atoms in total. The van der Waals surface area contributed by atoms with Crippen molar-refractivity contribution in [1.82, 2.24) is 10.6 Å². The fraction of sp³-hybridized carbons (Fsp3) is 0.292. The molecule has 3 aromatic carbocycles. The molecule has 0 aromatic heterocycles. The monoisotopic (exact) mass is 407 g/mol. The standard InChI is InChI=1S/C24H29N3O3/c1-25-24(26-12-11-17-6-10-22(29-3)23(14-17)30-4)27-16-18-5-7-20-15-21(28-2)9-8-19(20)13-18/h5-10,13-15H,11-12,16H2,1-4H3,(H2,25,26,27). The fourth-order valence-corrected chi connectivity index (χ4v) is 3.28. The summed E-state index contributed by atoms with van der Waals surface area (Å²) in [4.78, 5) is 4.31. The first-order valence-electron chi connectivity index (χ1n) is 9.89. The van der Waals surface area contributed by atoms with Gasteiger partial charge in [-0.25, -0.2) is 0 Å². The molecule has 0 radical (unpaired) electrons. The number of rotatable bonds is 8. The minimum atomic E-state index is 0.692.